The first-order valence-corrected chi connectivity index (χ1v) is 20.0. The van der Waals surface area contributed by atoms with Gasteiger partial charge in [-0.25, -0.2) is 4.79 Å². The van der Waals surface area contributed by atoms with Gasteiger partial charge in [-0.05, 0) is 108 Å². The summed E-state index contributed by atoms with van der Waals surface area (Å²) in [4.78, 5) is 50.2. The molecule has 0 saturated carbocycles. The zero-order chi connectivity index (χ0) is 39.0. The molecule has 56 heavy (non-hydrogen) atoms. The lowest BCUT2D eigenvalue weighted by Crippen LogP contribution is -2.41. The van der Waals surface area contributed by atoms with E-state index in [-0.39, 0.29) is 56.8 Å². The summed E-state index contributed by atoms with van der Waals surface area (Å²) in [5.74, 6) is -0.932. The average Bonchev–Trinajstić information content (AvgIpc) is 3.89. The normalized spacial score (nSPS) is 15.0. The minimum Gasteiger partial charge on any atom is -0.465 e. The van der Waals surface area contributed by atoms with Crippen molar-refractivity contribution < 1.29 is 24.0 Å². The van der Waals surface area contributed by atoms with Gasteiger partial charge in [0, 0.05) is 26.2 Å². The van der Waals surface area contributed by atoms with E-state index in [2.05, 4.69) is 61.5 Å². The summed E-state index contributed by atoms with van der Waals surface area (Å²) >= 11 is 1.22. The number of nitrogen functional groups attached to an aromatic ring is 1. The van der Waals surface area contributed by atoms with Crippen LogP contribution in [0, 0.1) is 10.1 Å². The molecule has 5 rings (SSSR count). The Labute approximate surface area is 338 Å². The van der Waals surface area contributed by atoms with Crippen molar-refractivity contribution in [1.29, 1.82) is 0 Å². The molecule has 0 spiro atoms. The molecule has 2 aromatic carbocycles. The molecule has 3 heterocycles. The molecule has 3 N–H and O–H groups in total. The maximum atomic E-state index is 12.6. The first kappa shape index (κ1) is 47.8. The van der Waals surface area contributed by atoms with E-state index in [4.69, 9.17) is 15.2 Å². The number of rotatable bonds is 17. The van der Waals surface area contributed by atoms with Crippen molar-refractivity contribution in [3.05, 3.63) is 80.9 Å². The molecular weight excluding hydrogens is 733 g/mol. The summed E-state index contributed by atoms with van der Waals surface area (Å²) in [6, 6.07) is 15.6. The number of esters is 2. The Balaban J connectivity index is 0.000000409. The lowest BCUT2D eigenvalue weighted by Gasteiger charge is -2.29. The highest BCUT2D eigenvalue weighted by Gasteiger charge is 2.33. The van der Waals surface area contributed by atoms with Gasteiger partial charge in [-0.2, -0.15) is 9.97 Å². The van der Waals surface area contributed by atoms with Crippen LogP contribution in [0.4, 0.5) is 17.3 Å². The SMILES string of the molecule is C.C.CCOC(=O)C(C)N(Cc1ccc(CN2CCCC2)cc1)c1nc(SC)nc(N)c1[N+](=O)[O-].CCOC(=O)C(C)NCc1ccc(CN2CCCC2)cc1. The molecule has 310 valence electrons. The summed E-state index contributed by atoms with van der Waals surface area (Å²) in [5, 5.41) is 15.3. The average molecular weight is 797 g/mol. The molecule has 14 nitrogen and oxygen atoms in total. The second kappa shape index (κ2) is 24.4. The molecule has 0 amide bonds. The van der Waals surface area contributed by atoms with Crippen molar-refractivity contribution in [2.45, 2.75) is 112 Å². The molecule has 0 aliphatic carbocycles. The Bertz CT molecular complexity index is 1650. The van der Waals surface area contributed by atoms with Crippen LogP contribution >= 0.6 is 11.8 Å². The van der Waals surface area contributed by atoms with E-state index in [0.717, 1.165) is 31.7 Å². The highest BCUT2D eigenvalue weighted by molar-refractivity contribution is 7.98. The molecule has 15 heteroatoms. The topological polar surface area (TPSA) is 169 Å². The number of anilines is 2. The number of likely N-dealkylation sites (tertiary alicyclic amines) is 2. The van der Waals surface area contributed by atoms with E-state index in [9.17, 15) is 19.7 Å². The third kappa shape index (κ3) is 14.3. The van der Waals surface area contributed by atoms with Crippen molar-refractivity contribution in [2.24, 2.45) is 0 Å². The molecule has 3 aromatic rings. The van der Waals surface area contributed by atoms with E-state index in [0.29, 0.717) is 13.2 Å². The number of ether oxygens (including phenoxy) is 2. The van der Waals surface area contributed by atoms with Crippen LogP contribution in [0.1, 0.15) is 90.5 Å². The Morgan fingerprint density at radius 1 is 0.839 bits per heavy atom. The van der Waals surface area contributed by atoms with Gasteiger partial charge in [-0.15, -0.1) is 0 Å². The van der Waals surface area contributed by atoms with Crippen LogP contribution in [-0.2, 0) is 45.2 Å². The van der Waals surface area contributed by atoms with Crippen LogP contribution in [-0.4, -0.2) is 94.4 Å². The van der Waals surface area contributed by atoms with Crippen molar-refractivity contribution in [1.82, 2.24) is 25.1 Å². The van der Waals surface area contributed by atoms with E-state index < -0.39 is 22.6 Å². The predicted octanol–water partition coefficient (Wildman–Crippen LogP) is 6.84. The fraction of sp³-hybridized carbons (Fsp3) is 0.561. The number of aromatic nitrogens is 2. The van der Waals surface area contributed by atoms with Gasteiger partial charge < -0.3 is 25.4 Å². The molecule has 2 atom stereocenters. The van der Waals surface area contributed by atoms with Crippen molar-refractivity contribution in [3.8, 4) is 0 Å². The van der Waals surface area contributed by atoms with Crippen LogP contribution in [0.5, 0.6) is 0 Å². The maximum absolute atomic E-state index is 12.6. The Morgan fingerprint density at radius 2 is 1.30 bits per heavy atom. The van der Waals surface area contributed by atoms with E-state index >= 15 is 0 Å². The van der Waals surface area contributed by atoms with Crippen LogP contribution in [0.3, 0.4) is 0 Å². The van der Waals surface area contributed by atoms with Gasteiger partial charge >= 0.3 is 17.6 Å². The number of nitrogens with zero attached hydrogens (tertiary/aromatic N) is 6. The number of carbonyl (C=O) groups excluding carboxylic acids is 2. The summed E-state index contributed by atoms with van der Waals surface area (Å²) < 4.78 is 10.2. The number of nitro groups is 1. The summed E-state index contributed by atoms with van der Waals surface area (Å²) in [6.07, 6.45) is 6.87. The Morgan fingerprint density at radius 3 is 1.77 bits per heavy atom. The van der Waals surface area contributed by atoms with Crippen molar-refractivity contribution >= 4 is 41.0 Å². The van der Waals surface area contributed by atoms with Crippen molar-refractivity contribution in [3.63, 3.8) is 0 Å². The first-order valence-electron chi connectivity index (χ1n) is 18.8. The quantitative estimate of drug-likeness (QED) is 0.0479. The number of hydrogen-bond acceptors (Lipinski definition) is 14. The molecule has 2 aliphatic rings. The van der Waals surface area contributed by atoms with Gasteiger partial charge in [0.2, 0.25) is 11.6 Å². The van der Waals surface area contributed by atoms with Gasteiger partial charge in [0.15, 0.2) is 5.16 Å². The summed E-state index contributed by atoms with van der Waals surface area (Å²) in [6.45, 7) is 15.2. The second-order valence-electron chi connectivity index (χ2n) is 13.5. The number of thioether (sulfide) groups is 1. The first-order chi connectivity index (χ1) is 26.0. The molecule has 2 fully saturated rings. The number of benzene rings is 2. The van der Waals surface area contributed by atoms with E-state index in [1.807, 2.05) is 26.0 Å². The van der Waals surface area contributed by atoms with Gasteiger partial charge in [0.05, 0.1) is 18.1 Å². The minimum atomic E-state index is -0.822. The number of carbonyl (C=O) groups is 2. The Kier molecular flexibility index (Phi) is 20.8. The van der Waals surface area contributed by atoms with Gasteiger partial charge in [0.25, 0.3) is 0 Å². The molecule has 2 aliphatic heterocycles. The lowest BCUT2D eigenvalue weighted by molar-refractivity contribution is -0.383. The minimum absolute atomic E-state index is 0. The van der Waals surface area contributed by atoms with Gasteiger partial charge in [0.1, 0.15) is 12.1 Å². The van der Waals surface area contributed by atoms with Crippen LogP contribution in [0.25, 0.3) is 0 Å². The standard InChI is InChI=1S/C22H30N6O4S.C17H26N2O2.2CH4/c1-4-32-21(29)15(2)27(20-18(28(30)31)19(23)24-22(25-20)33-3)14-17-9-7-16(8-10-17)13-26-11-5-6-12-26;1-3-21-17(20)14(2)18-12-15-6-8-16(9-7-15)13-19-10-4-5-11-19;;/h7-10,15H,4-6,11-14H2,1-3H3,(H2,23,24,25);6-9,14,18H,3-5,10-13H2,1-2H3;2*1H4. The van der Waals surface area contributed by atoms with Crippen LogP contribution in [0.2, 0.25) is 0 Å². The smallest absolute Gasteiger partial charge is 0.353 e. The number of hydrogen-bond donors (Lipinski definition) is 2. The van der Waals surface area contributed by atoms with Crippen molar-refractivity contribution in [2.75, 3.05) is 56.3 Å². The third-order valence-corrected chi connectivity index (χ3v) is 10.0. The fourth-order valence-electron chi connectivity index (χ4n) is 6.42. The van der Waals surface area contributed by atoms with Crippen LogP contribution < -0.4 is 16.0 Å². The molecule has 2 saturated heterocycles. The highest BCUT2D eigenvalue weighted by atomic mass is 32.2. The summed E-state index contributed by atoms with van der Waals surface area (Å²) in [7, 11) is 0. The maximum Gasteiger partial charge on any atom is 0.353 e. The largest absolute Gasteiger partial charge is 0.465 e. The summed E-state index contributed by atoms with van der Waals surface area (Å²) in [5.41, 5.74) is 10.1. The van der Waals surface area contributed by atoms with Gasteiger partial charge in [-0.3, -0.25) is 24.7 Å². The number of nitrogens with one attached hydrogen (secondary N) is 1. The molecule has 1 aromatic heterocycles. The third-order valence-electron chi connectivity index (χ3n) is 9.47. The van der Waals surface area contributed by atoms with E-state index in [1.165, 1.54) is 67.2 Å². The zero-order valence-electron chi connectivity index (χ0n) is 32.3. The zero-order valence-corrected chi connectivity index (χ0v) is 33.1. The molecular formula is C41H64N8O6S. The predicted molar refractivity (Wildman–Crippen MR) is 225 cm³/mol. The monoisotopic (exact) mass is 796 g/mol. The fourth-order valence-corrected chi connectivity index (χ4v) is 6.79. The highest BCUT2D eigenvalue weighted by Crippen LogP contribution is 2.35. The Hall–Kier alpha value is -4.31. The van der Waals surface area contributed by atoms with Gasteiger partial charge in [-0.1, -0.05) is 75.1 Å². The van der Waals surface area contributed by atoms with Crippen LogP contribution in [0.15, 0.2) is 53.7 Å². The van der Waals surface area contributed by atoms with E-state index in [1.54, 1.807) is 25.0 Å². The molecule has 2 unspecified atom stereocenters. The number of nitrogens with two attached hydrogens (primary N) is 1. The lowest BCUT2D eigenvalue weighted by atomic mass is 10.1. The second-order valence-corrected chi connectivity index (χ2v) is 14.3. The molecule has 0 bridgehead atoms. The molecule has 0 radical (unpaired) electrons.